The minimum atomic E-state index is -4.76. The van der Waals surface area contributed by atoms with E-state index >= 15 is 0 Å². The van der Waals surface area contributed by atoms with Crippen molar-refractivity contribution < 1.29 is 58.0 Å². The number of nitrogens with one attached hydrogen (secondary N) is 1. The fraction of sp³-hybridized carbons (Fsp3) is 0.500. The summed E-state index contributed by atoms with van der Waals surface area (Å²) in [7, 11) is -4.76. The monoisotopic (exact) mass is 511 g/mol. The zero-order valence-electron chi connectivity index (χ0n) is 20.7. The maximum Gasteiger partial charge on any atom is 1.00 e. The molecule has 9 nitrogen and oxygen atoms in total. The Balaban J connectivity index is 0.00000342. The normalized spacial score (nSPS) is 23.1. The number of aromatic nitrogens is 1. The van der Waals surface area contributed by atoms with Crippen molar-refractivity contribution in [3.63, 3.8) is 0 Å². The summed E-state index contributed by atoms with van der Waals surface area (Å²) in [6.45, 7) is 6.12. The number of hydrogen-bond donors (Lipinski definition) is 3. The third kappa shape index (κ3) is 6.46. The molecule has 2 aliphatic rings. The number of primary amides is 1. The van der Waals surface area contributed by atoms with Crippen LogP contribution in [0.4, 0.5) is 5.69 Å². The summed E-state index contributed by atoms with van der Waals surface area (Å²) in [6.07, 6.45) is 4.81. The van der Waals surface area contributed by atoms with Gasteiger partial charge in [-0.3, -0.25) is 14.2 Å². The van der Waals surface area contributed by atoms with Crippen molar-refractivity contribution in [2.24, 2.45) is 11.1 Å². The van der Waals surface area contributed by atoms with E-state index in [1.807, 2.05) is 29.8 Å². The molecule has 2 aliphatic carbocycles. The number of rotatable bonds is 6. The second-order valence-corrected chi connectivity index (χ2v) is 11.4. The van der Waals surface area contributed by atoms with E-state index in [2.05, 4.69) is 19.2 Å². The molecule has 0 saturated heterocycles. The Morgan fingerprint density at radius 1 is 1.26 bits per heavy atom. The number of hydrogen-bond acceptors (Lipinski definition) is 6. The average Bonchev–Trinajstić information content (AvgIpc) is 3.03. The van der Waals surface area contributed by atoms with Gasteiger partial charge < -0.3 is 29.9 Å². The third-order valence-electron chi connectivity index (χ3n) is 6.72. The average molecular weight is 511 g/mol. The van der Waals surface area contributed by atoms with Gasteiger partial charge in [0.2, 0.25) is 0 Å². The van der Waals surface area contributed by atoms with E-state index in [1.165, 1.54) is 0 Å². The van der Waals surface area contributed by atoms with Gasteiger partial charge in [0.05, 0.1) is 11.7 Å². The fourth-order valence-electron chi connectivity index (χ4n) is 5.25. The van der Waals surface area contributed by atoms with Gasteiger partial charge in [-0.15, -0.1) is 0 Å². The van der Waals surface area contributed by atoms with Gasteiger partial charge in [-0.05, 0) is 68.2 Å². The van der Waals surface area contributed by atoms with E-state index in [4.69, 9.17) is 15.2 Å². The van der Waals surface area contributed by atoms with E-state index in [9.17, 15) is 19.0 Å². The summed E-state index contributed by atoms with van der Waals surface area (Å²) in [5, 5.41) is 3.39. The van der Waals surface area contributed by atoms with Crippen LogP contribution in [0.2, 0.25) is 0 Å². The summed E-state index contributed by atoms with van der Waals surface area (Å²) < 4.78 is 17.7. The predicted octanol–water partition coefficient (Wildman–Crippen LogP) is 0.244. The molecule has 4 N–H and O–H groups in total. The summed E-state index contributed by atoms with van der Waals surface area (Å²) in [4.78, 5) is 44.8. The van der Waals surface area contributed by atoms with Crippen molar-refractivity contribution in [2.45, 2.75) is 71.4 Å². The van der Waals surface area contributed by atoms with Crippen LogP contribution in [0.15, 0.2) is 24.4 Å². The van der Waals surface area contributed by atoms with Gasteiger partial charge in [-0.25, -0.2) is 0 Å². The van der Waals surface area contributed by atoms with Crippen molar-refractivity contribution in [1.29, 1.82) is 0 Å². The fourth-order valence-corrected chi connectivity index (χ4v) is 5.83. The van der Waals surface area contributed by atoms with Gasteiger partial charge in [0.1, 0.15) is 0 Å². The first-order valence-electron chi connectivity index (χ1n) is 11.5. The van der Waals surface area contributed by atoms with E-state index < -0.39 is 19.8 Å². The molecule has 11 heteroatoms. The minimum absolute atomic E-state index is 0. The summed E-state index contributed by atoms with van der Waals surface area (Å²) in [5.74, 6) is -0.403. The van der Waals surface area contributed by atoms with Crippen LogP contribution in [0.3, 0.4) is 0 Å². The van der Waals surface area contributed by atoms with Crippen LogP contribution < -0.4 is 45.5 Å². The third-order valence-corrected chi connectivity index (χ3v) is 7.29. The van der Waals surface area contributed by atoms with Crippen LogP contribution >= 0.6 is 7.82 Å². The standard InChI is InChI=1S/C24H32N3O6P.Na/c1-14-13-27(20-11-24(2,3)12-21(28)22(14)20)16-6-9-18(23(25)29)19(10-16)26-15-4-7-17(8-5-15)33-34(30,31)32;/h6,9-10,13,15,17,26H,4-5,7-8,11-12H2,1-3H3,(H2,25,29)(H2,30,31,32);/q;+1/p-1. The molecule has 0 aliphatic heterocycles. The summed E-state index contributed by atoms with van der Waals surface area (Å²) in [5.41, 5.74) is 9.95. The van der Waals surface area contributed by atoms with Crippen molar-refractivity contribution in [3.05, 3.63) is 46.8 Å². The summed E-state index contributed by atoms with van der Waals surface area (Å²) >= 11 is 0. The molecular formula is C24H31N3NaO6P. The van der Waals surface area contributed by atoms with Gasteiger partial charge in [0.25, 0.3) is 13.7 Å². The number of amides is 1. The van der Waals surface area contributed by atoms with Crippen LogP contribution in [-0.4, -0.2) is 33.3 Å². The number of aryl methyl sites for hydroxylation is 1. The van der Waals surface area contributed by atoms with Crippen molar-refractivity contribution in [3.8, 4) is 5.69 Å². The Labute approximate surface area is 227 Å². The van der Waals surface area contributed by atoms with Gasteiger partial charge in [-0.1, -0.05) is 13.8 Å². The zero-order valence-corrected chi connectivity index (χ0v) is 23.6. The molecule has 1 amide bonds. The first-order valence-corrected chi connectivity index (χ1v) is 13.0. The number of nitrogens with zero attached hydrogens (tertiary/aromatic N) is 1. The molecule has 1 unspecified atom stereocenters. The van der Waals surface area contributed by atoms with Crippen molar-refractivity contribution in [1.82, 2.24) is 4.57 Å². The molecule has 184 valence electrons. The number of phosphoric acid groups is 1. The quantitative estimate of drug-likeness (QED) is 0.372. The van der Waals surface area contributed by atoms with Crippen LogP contribution in [0.25, 0.3) is 5.69 Å². The Morgan fingerprint density at radius 3 is 2.51 bits per heavy atom. The number of nitrogens with two attached hydrogens (primary N) is 1. The number of anilines is 1. The number of ketones is 1. The van der Waals surface area contributed by atoms with Crippen LogP contribution in [0, 0.1) is 12.3 Å². The SMILES string of the molecule is Cc1cn(-c2ccc(C(N)=O)c(NC3CCC(OP(=O)([O-])O)CC3)c2)c2c1C(=O)CC(C)(C)C2.[Na+]. The van der Waals surface area contributed by atoms with E-state index in [-0.39, 0.29) is 46.8 Å². The molecule has 1 aromatic heterocycles. The Kier molecular flexibility index (Phi) is 8.44. The maximum atomic E-state index is 12.8. The number of carbonyl (C=O) groups is 2. The second kappa shape index (κ2) is 10.5. The molecule has 0 bridgehead atoms. The molecule has 1 fully saturated rings. The largest absolute Gasteiger partial charge is 1.00 e. The topological polar surface area (TPSA) is 147 Å². The minimum Gasteiger partial charge on any atom is -0.756 e. The van der Waals surface area contributed by atoms with Crippen LogP contribution in [0.5, 0.6) is 0 Å². The smallest absolute Gasteiger partial charge is 0.756 e. The van der Waals surface area contributed by atoms with Crippen molar-refractivity contribution in [2.75, 3.05) is 5.32 Å². The number of benzene rings is 1. The Hall–Kier alpha value is -1.45. The van der Waals surface area contributed by atoms with Crippen LogP contribution in [0.1, 0.15) is 77.9 Å². The van der Waals surface area contributed by atoms with E-state index in [1.54, 1.807) is 6.07 Å². The number of phosphoric ester groups is 1. The van der Waals surface area contributed by atoms with Crippen molar-refractivity contribution >= 4 is 25.2 Å². The number of fused-ring (bicyclic) bond motifs is 1. The first-order chi connectivity index (χ1) is 15.8. The molecule has 1 saturated carbocycles. The van der Waals surface area contributed by atoms with Gasteiger partial charge in [0, 0.05) is 41.3 Å². The molecule has 1 aromatic carbocycles. The van der Waals surface area contributed by atoms with E-state index in [0.29, 0.717) is 43.4 Å². The molecule has 1 atom stereocenters. The molecule has 4 rings (SSSR count). The van der Waals surface area contributed by atoms with Gasteiger partial charge in [-0.2, -0.15) is 0 Å². The molecule has 35 heavy (non-hydrogen) atoms. The molecule has 2 aromatic rings. The van der Waals surface area contributed by atoms with Crippen LogP contribution in [-0.2, 0) is 15.5 Å². The second-order valence-electron chi connectivity index (χ2n) is 10.2. The van der Waals surface area contributed by atoms with Gasteiger partial charge in [0.15, 0.2) is 5.78 Å². The number of carbonyl (C=O) groups excluding carboxylic acids is 2. The Bertz CT molecular complexity index is 1180. The maximum absolute atomic E-state index is 12.8. The predicted molar refractivity (Wildman–Crippen MR) is 126 cm³/mol. The molecule has 1 heterocycles. The first kappa shape index (κ1) is 28.1. The molecule has 0 radical (unpaired) electrons. The molecular weight excluding hydrogens is 480 g/mol. The summed E-state index contributed by atoms with van der Waals surface area (Å²) in [6, 6.07) is 5.37. The zero-order chi connectivity index (χ0) is 24.8. The molecule has 0 spiro atoms. The van der Waals surface area contributed by atoms with E-state index in [0.717, 1.165) is 28.9 Å². The Morgan fingerprint density at radius 2 is 1.91 bits per heavy atom. The number of Topliss-reactive ketones (excluding diaryl/α,β-unsaturated/α-hetero) is 1. The van der Waals surface area contributed by atoms with Gasteiger partial charge >= 0.3 is 29.6 Å².